The number of hydrogen-bond acceptors (Lipinski definition) is 4. The Balaban J connectivity index is 2.05. The van der Waals surface area contributed by atoms with Crippen LogP contribution in [0.3, 0.4) is 0 Å². The van der Waals surface area contributed by atoms with Gasteiger partial charge in [-0.2, -0.15) is 5.10 Å². The highest BCUT2D eigenvalue weighted by atomic mass is 16.7. The molecule has 1 aromatic carbocycles. The largest absolute Gasteiger partial charge is 0.494 e. The van der Waals surface area contributed by atoms with Gasteiger partial charge in [0.15, 0.2) is 6.29 Å². The second-order valence-corrected chi connectivity index (χ2v) is 6.49. The molecule has 1 aliphatic rings. The van der Waals surface area contributed by atoms with Crippen LogP contribution in [0.1, 0.15) is 38.2 Å². The van der Waals surface area contributed by atoms with E-state index in [1.807, 2.05) is 52.9 Å². The second-order valence-electron chi connectivity index (χ2n) is 6.49. The maximum absolute atomic E-state index is 11.1. The van der Waals surface area contributed by atoms with Gasteiger partial charge < -0.3 is 9.31 Å². The number of rotatable bonds is 2. The smallest absolute Gasteiger partial charge is 0.399 e. The normalized spacial score (nSPS) is 20.1. The van der Waals surface area contributed by atoms with Gasteiger partial charge in [0.1, 0.15) is 5.69 Å². The van der Waals surface area contributed by atoms with Gasteiger partial charge in [0.25, 0.3) is 0 Å². The molecule has 2 heterocycles. The monoisotopic (exact) mass is 286 g/mol. The number of aromatic nitrogens is 2. The van der Waals surface area contributed by atoms with Crippen LogP contribution in [0.4, 0.5) is 0 Å². The third-order valence-corrected chi connectivity index (χ3v) is 4.54. The summed E-state index contributed by atoms with van der Waals surface area (Å²) in [6.45, 7) is 8.08. The minimum atomic E-state index is -0.431. The Labute approximate surface area is 124 Å². The Morgan fingerprint density at radius 2 is 1.81 bits per heavy atom. The Bertz CT molecular complexity index is 705. The molecule has 0 amide bonds. The summed E-state index contributed by atoms with van der Waals surface area (Å²) in [6.07, 6.45) is 0.774. The minimum absolute atomic E-state index is 0.380. The zero-order valence-corrected chi connectivity index (χ0v) is 13.0. The topological polar surface area (TPSA) is 53.4 Å². The van der Waals surface area contributed by atoms with Crippen LogP contribution >= 0.6 is 0 Å². The summed E-state index contributed by atoms with van der Waals surface area (Å²) in [5.74, 6) is 0. The fraction of sp³-hybridized carbons (Fsp3) is 0.467. The Morgan fingerprint density at radius 1 is 1.19 bits per heavy atom. The molecular formula is C15H19BN2O3. The zero-order valence-electron chi connectivity index (χ0n) is 13.0. The second kappa shape index (κ2) is 4.42. The summed E-state index contributed by atoms with van der Waals surface area (Å²) in [4.78, 5) is 11.1. The SMILES string of the molecule is Cn1nc(C=O)c2cc(B3OC(C)(C)C(C)(C)O3)ccc21. The van der Waals surface area contributed by atoms with Gasteiger partial charge in [-0.1, -0.05) is 12.1 Å². The number of aryl methyl sites for hydroxylation is 1. The first-order valence-corrected chi connectivity index (χ1v) is 7.03. The molecule has 0 bridgehead atoms. The van der Waals surface area contributed by atoms with Gasteiger partial charge in [-0.05, 0) is 39.2 Å². The quantitative estimate of drug-likeness (QED) is 0.622. The van der Waals surface area contributed by atoms with Crippen LogP contribution in [0.5, 0.6) is 0 Å². The van der Waals surface area contributed by atoms with Crippen LogP contribution in [-0.2, 0) is 16.4 Å². The zero-order chi connectivity index (χ0) is 15.4. The van der Waals surface area contributed by atoms with Gasteiger partial charge >= 0.3 is 7.12 Å². The van der Waals surface area contributed by atoms with Crippen LogP contribution in [0.25, 0.3) is 10.9 Å². The lowest BCUT2D eigenvalue weighted by molar-refractivity contribution is 0.00578. The van der Waals surface area contributed by atoms with E-state index in [9.17, 15) is 4.79 Å². The third kappa shape index (κ3) is 2.10. The van der Waals surface area contributed by atoms with Crippen molar-refractivity contribution >= 4 is 29.8 Å². The van der Waals surface area contributed by atoms with Crippen LogP contribution in [-0.4, -0.2) is 34.4 Å². The molecule has 0 aliphatic carbocycles. The molecule has 21 heavy (non-hydrogen) atoms. The van der Waals surface area contributed by atoms with Crippen molar-refractivity contribution in [3.63, 3.8) is 0 Å². The van der Waals surface area contributed by atoms with Crippen molar-refractivity contribution in [2.45, 2.75) is 38.9 Å². The molecule has 0 N–H and O–H groups in total. The van der Waals surface area contributed by atoms with Crippen molar-refractivity contribution in [2.24, 2.45) is 7.05 Å². The minimum Gasteiger partial charge on any atom is -0.399 e. The van der Waals surface area contributed by atoms with E-state index in [0.29, 0.717) is 5.69 Å². The summed E-state index contributed by atoms with van der Waals surface area (Å²) < 4.78 is 13.8. The first-order chi connectivity index (χ1) is 9.75. The van der Waals surface area contributed by atoms with E-state index in [4.69, 9.17) is 9.31 Å². The molecular weight excluding hydrogens is 267 g/mol. The van der Waals surface area contributed by atoms with E-state index < -0.39 is 7.12 Å². The number of nitrogens with zero attached hydrogens (tertiary/aromatic N) is 2. The number of benzene rings is 1. The lowest BCUT2D eigenvalue weighted by Gasteiger charge is -2.32. The van der Waals surface area contributed by atoms with E-state index in [1.165, 1.54) is 0 Å². The van der Waals surface area contributed by atoms with Crippen molar-refractivity contribution in [1.29, 1.82) is 0 Å². The average molecular weight is 286 g/mol. The molecule has 0 atom stereocenters. The maximum atomic E-state index is 11.1. The number of carbonyl (C=O) groups is 1. The molecule has 1 saturated heterocycles. The fourth-order valence-electron chi connectivity index (χ4n) is 2.52. The van der Waals surface area contributed by atoms with E-state index in [2.05, 4.69) is 5.10 Å². The predicted octanol–water partition coefficient (Wildman–Crippen LogP) is 1.68. The molecule has 0 unspecified atom stereocenters. The van der Waals surface area contributed by atoms with E-state index >= 15 is 0 Å². The Hall–Kier alpha value is -1.66. The molecule has 0 spiro atoms. The van der Waals surface area contributed by atoms with Crippen molar-refractivity contribution in [3.8, 4) is 0 Å². The molecule has 1 fully saturated rings. The molecule has 110 valence electrons. The summed E-state index contributed by atoms with van der Waals surface area (Å²) in [6, 6.07) is 5.82. The van der Waals surface area contributed by atoms with Gasteiger partial charge in [-0.25, -0.2) is 0 Å². The molecule has 1 aliphatic heterocycles. The van der Waals surface area contributed by atoms with Crippen LogP contribution in [0.2, 0.25) is 0 Å². The average Bonchev–Trinajstić information content (AvgIpc) is 2.84. The number of aldehydes is 1. The lowest BCUT2D eigenvalue weighted by atomic mass is 9.78. The predicted molar refractivity (Wildman–Crippen MR) is 81.8 cm³/mol. The van der Waals surface area contributed by atoms with E-state index in [0.717, 1.165) is 22.7 Å². The summed E-state index contributed by atoms with van der Waals surface area (Å²) >= 11 is 0. The fourth-order valence-corrected chi connectivity index (χ4v) is 2.52. The third-order valence-electron chi connectivity index (χ3n) is 4.54. The molecule has 5 nitrogen and oxygen atoms in total. The summed E-state index contributed by atoms with van der Waals surface area (Å²) in [7, 11) is 1.39. The van der Waals surface area contributed by atoms with Crippen LogP contribution in [0.15, 0.2) is 18.2 Å². The Morgan fingerprint density at radius 3 is 2.38 bits per heavy atom. The highest BCUT2D eigenvalue weighted by Crippen LogP contribution is 2.36. The van der Waals surface area contributed by atoms with Gasteiger partial charge in [-0.3, -0.25) is 9.48 Å². The lowest BCUT2D eigenvalue weighted by Crippen LogP contribution is -2.41. The highest BCUT2D eigenvalue weighted by molar-refractivity contribution is 6.62. The molecule has 0 radical (unpaired) electrons. The van der Waals surface area contributed by atoms with Gasteiger partial charge in [0.2, 0.25) is 0 Å². The van der Waals surface area contributed by atoms with E-state index in [1.54, 1.807) is 4.68 Å². The van der Waals surface area contributed by atoms with Crippen LogP contribution in [0, 0.1) is 0 Å². The number of carbonyl (C=O) groups excluding carboxylic acids is 1. The molecule has 6 heteroatoms. The first-order valence-electron chi connectivity index (χ1n) is 7.03. The van der Waals surface area contributed by atoms with Crippen molar-refractivity contribution in [1.82, 2.24) is 9.78 Å². The molecule has 3 rings (SSSR count). The molecule has 0 saturated carbocycles. The number of hydrogen-bond donors (Lipinski definition) is 0. The number of fused-ring (bicyclic) bond motifs is 1. The first kappa shape index (κ1) is 14.3. The van der Waals surface area contributed by atoms with Gasteiger partial charge in [0.05, 0.1) is 16.7 Å². The van der Waals surface area contributed by atoms with Crippen molar-refractivity contribution in [2.75, 3.05) is 0 Å². The maximum Gasteiger partial charge on any atom is 0.494 e. The summed E-state index contributed by atoms with van der Waals surface area (Å²) in [5, 5.41) is 5.02. The Kier molecular flexibility index (Phi) is 3.01. The highest BCUT2D eigenvalue weighted by Gasteiger charge is 2.51. The van der Waals surface area contributed by atoms with Gasteiger partial charge in [0, 0.05) is 12.4 Å². The molecule has 2 aromatic rings. The van der Waals surface area contributed by atoms with Crippen molar-refractivity contribution < 1.29 is 14.1 Å². The standard InChI is InChI=1S/C15H19BN2O3/c1-14(2)15(3,4)21-16(20-14)10-6-7-13-11(8-10)12(9-19)17-18(13)5/h6-9H,1-5H3. The van der Waals surface area contributed by atoms with Crippen LogP contribution < -0.4 is 5.46 Å². The van der Waals surface area contributed by atoms with E-state index in [-0.39, 0.29) is 11.2 Å². The van der Waals surface area contributed by atoms with Gasteiger partial charge in [-0.15, -0.1) is 0 Å². The van der Waals surface area contributed by atoms with Crippen molar-refractivity contribution in [3.05, 3.63) is 23.9 Å². The molecule has 1 aromatic heterocycles. The summed E-state index contributed by atoms with van der Waals surface area (Å²) in [5.41, 5.74) is 1.49.